The number of fused-ring (bicyclic) bond motifs is 3. The number of ketones is 1. The van der Waals surface area contributed by atoms with Gasteiger partial charge in [-0.3, -0.25) is 4.79 Å². The normalized spacial score (nSPS) is 24.9. The van der Waals surface area contributed by atoms with E-state index in [4.69, 9.17) is 10.2 Å². The fourth-order valence-corrected chi connectivity index (χ4v) is 7.34. The number of carbonyl (C=O) groups is 1. The highest BCUT2D eigenvalue weighted by Crippen LogP contribution is 2.53. The van der Waals surface area contributed by atoms with Crippen molar-refractivity contribution < 1.29 is 4.79 Å². The third kappa shape index (κ3) is 4.67. The van der Waals surface area contributed by atoms with Gasteiger partial charge in [0.15, 0.2) is 0 Å². The Morgan fingerprint density at radius 1 is 1.08 bits per heavy atom. The van der Waals surface area contributed by atoms with Gasteiger partial charge in [0.05, 0.1) is 28.7 Å². The minimum Gasteiger partial charge on any atom is -0.382 e. The quantitative estimate of drug-likeness (QED) is 0.384. The molecule has 2 bridgehead atoms. The molecule has 1 aliphatic heterocycles. The smallest absolute Gasteiger partial charge is 0.132 e. The van der Waals surface area contributed by atoms with Gasteiger partial charge >= 0.3 is 0 Å². The van der Waals surface area contributed by atoms with Crippen molar-refractivity contribution in [3.05, 3.63) is 53.7 Å². The summed E-state index contributed by atoms with van der Waals surface area (Å²) in [6, 6.07) is 14.8. The number of rotatable bonds is 7. The molecule has 0 radical (unpaired) electrons. The molecular weight excluding hydrogens is 484 g/mol. The molecule has 0 spiro atoms. The van der Waals surface area contributed by atoms with Gasteiger partial charge in [-0.1, -0.05) is 19.1 Å². The second-order valence-corrected chi connectivity index (χ2v) is 12.0. The van der Waals surface area contributed by atoms with Crippen molar-refractivity contribution in [2.75, 3.05) is 5.32 Å². The molecule has 7 heteroatoms. The van der Waals surface area contributed by atoms with Crippen molar-refractivity contribution in [2.24, 2.45) is 39.8 Å². The summed E-state index contributed by atoms with van der Waals surface area (Å²) in [6.07, 6.45) is 7.15. The van der Waals surface area contributed by atoms with Gasteiger partial charge in [0, 0.05) is 46.8 Å². The topological polar surface area (TPSA) is 94.9 Å². The third-order valence-corrected chi connectivity index (χ3v) is 9.21. The lowest BCUT2D eigenvalue weighted by atomic mass is 9.66. The first-order chi connectivity index (χ1) is 18.8. The molecule has 3 aliphatic rings. The third-order valence-electron chi connectivity index (χ3n) is 9.21. The van der Waals surface area contributed by atoms with E-state index < -0.39 is 0 Å². The van der Waals surface area contributed by atoms with Crippen LogP contribution >= 0.6 is 0 Å². The number of nitrogens with zero attached hydrogens (tertiary/aromatic N) is 5. The van der Waals surface area contributed by atoms with E-state index in [0.717, 1.165) is 53.0 Å². The van der Waals surface area contributed by atoms with Gasteiger partial charge in [-0.05, 0) is 88.5 Å². The van der Waals surface area contributed by atoms with Crippen LogP contribution in [0.2, 0.25) is 0 Å². The van der Waals surface area contributed by atoms with Crippen LogP contribution in [0.3, 0.4) is 0 Å². The van der Waals surface area contributed by atoms with E-state index in [1.807, 2.05) is 22.7 Å². The molecule has 5 atom stereocenters. The zero-order chi connectivity index (χ0) is 27.3. The maximum absolute atomic E-state index is 12.1. The van der Waals surface area contributed by atoms with Gasteiger partial charge in [-0.15, -0.1) is 0 Å². The fourth-order valence-electron chi connectivity index (χ4n) is 7.34. The Hall–Kier alpha value is -3.79. The number of benzene rings is 1. The predicted molar refractivity (Wildman–Crippen MR) is 155 cm³/mol. The van der Waals surface area contributed by atoms with Gasteiger partial charge in [-0.25, -0.2) is 4.52 Å². The lowest BCUT2D eigenvalue weighted by molar-refractivity contribution is -0.123. The molecule has 3 aromatic rings. The minimum absolute atomic E-state index is 0.172. The molecule has 7 nitrogen and oxygen atoms in total. The standard InChI is InChI=1S/C32H36N6O/c1-18(2)35-29-14-22(31-10-8-26-11-21(16-33)17-34-38(26)31)7-9-27(29)30-15-28(36-37-30)25-12-23-5-6-24(13-25)32(23)19(3)20(4)39/h7-11,14,17-19,23-25,32,35H,5-6,12-13,15H2,1-4H3/t19?,23-,24+,25?,32?. The number of carbonyl (C=O) groups excluding carboxylic acids is 1. The maximum Gasteiger partial charge on any atom is 0.132 e. The summed E-state index contributed by atoms with van der Waals surface area (Å²) in [6.45, 7) is 8.17. The Bertz CT molecular complexity index is 1530. The van der Waals surface area contributed by atoms with E-state index in [9.17, 15) is 10.1 Å². The first-order valence-electron chi connectivity index (χ1n) is 14.2. The van der Waals surface area contributed by atoms with Crippen molar-refractivity contribution in [1.29, 1.82) is 5.26 Å². The van der Waals surface area contributed by atoms with Crippen molar-refractivity contribution in [2.45, 2.75) is 65.8 Å². The highest BCUT2D eigenvalue weighted by molar-refractivity contribution is 6.18. The molecule has 1 N–H and O–H groups in total. The summed E-state index contributed by atoms with van der Waals surface area (Å²) in [4.78, 5) is 12.1. The Morgan fingerprint density at radius 3 is 2.54 bits per heavy atom. The van der Waals surface area contributed by atoms with Crippen LogP contribution in [-0.4, -0.2) is 32.9 Å². The van der Waals surface area contributed by atoms with Crippen LogP contribution in [0.15, 0.2) is 52.8 Å². The molecule has 3 unspecified atom stereocenters. The number of nitrogens with one attached hydrogen (secondary N) is 1. The van der Waals surface area contributed by atoms with Crippen molar-refractivity contribution >= 4 is 28.4 Å². The molecule has 2 aromatic heterocycles. The molecule has 1 aromatic carbocycles. The van der Waals surface area contributed by atoms with Crippen LogP contribution < -0.4 is 5.32 Å². The predicted octanol–water partition coefficient (Wildman–Crippen LogP) is 6.52. The van der Waals surface area contributed by atoms with Crippen LogP contribution in [-0.2, 0) is 4.79 Å². The first-order valence-corrected chi connectivity index (χ1v) is 14.2. The Morgan fingerprint density at radius 2 is 1.85 bits per heavy atom. The largest absolute Gasteiger partial charge is 0.382 e. The Labute approximate surface area is 230 Å². The zero-order valence-electron chi connectivity index (χ0n) is 23.2. The fraction of sp³-hybridized carbons (Fsp3) is 0.469. The molecule has 39 heavy (non-hydrogen) atoms. The molecule has 2 fully saturated rings. The number of aromatic nitrogens is 2. The van der Waals surface area contributed by atoms with Crippen LogP contribution in [0.25, 0.3) is 16.8 Å². The Kier molecular flexibility index (Phi) is 6.58. The number of Topliss-reactive ketones (excluding diaryl/α,β-unsaturated/α-hetero) is 1. The van der Waals surface area contributed by atoms with Gasteiger partial charge < -0.3 is 5.32 Å². The van der Waals surface area contributed by atoms with E-state index in [0.29, 0.717) is 35.0 Å². The Balaban J connectivity index is 1.23. The first kappa shape index (κ1) is 25.5. The van der Waals surface area contributed by atoms with Gasteiger partial charge in [0.1, 0.15) is 11.9 Å². The zero-order valence-corrected chi connectivity index (χ0v) is 23.2. The summed E-state index contributed by atoms with van der Waals surface area (Å²) in [7, 11) is 0. The van der Waals surface area contributed by atoms with Gasteiger partial charge in [0.25, 0.3) is 0 Å². The van der Waals surface area contributed by atoms with Crippen LogP contribution in [0, 0.1) is 40.9 Å². The molecule has 2 saturated carbocycles. The summed E-state index contributed by atoms with van der Waals surface area (Å²) < 4.78 is 1.88. The van der Waals surface area contributed by atoms with Crippen LogP contribution in [0.1, 0.15) is 70.9 Å². The molecule has 200 valence electrons. The molecule has 0 saturated heterocycles. The number of hydrogen-bond donors (Lipinski definition) is 1. The highest BCUT2D eigenvalue weighted by atomic mass is 16.1. The average molecular weight is 521 g/mol. The lowest BCUT2D eigenvalue weighted by Crippen LogP contribution is -2.36. The summed E-state index contributed by atoms with van der Waals surface area (Å²) in [5, 5.41) is 26.8. The monoisotopic (exact) mass is 520 g/mol. The van der Waals surface area contributed by atoms with Gasteiger partial charge in [-0.2, -0.15) is 20.6 Å². The van der Waals surface area contributed by atoms with E-state index in [-0.39, 0.29) is 12.0 Å². The van der Waals surface area contributed by atoms with Crippen LogP contribution in [0.4, 0.5) is 5.69 Å². The maximum atomic E-state index is 12.1. The SMILES string of the molecule is CC(=O)C(C)C1[C@@H]2CC[C@H]1CC(C1=NN=C(c3ccc(-c4ccc5cc(C#N)cnn45)cc3NC(C)C)C1)C2. The molecule has 6 rings (SSSR count). The molecule has 3 heterocycles. The number of anilines is 1. The lowest BCUT2D eigenvalue weighted by Gasteiger charge is -2.38. The second kappa shape index (κ2) is 10.1. The summed E-state index contributed by atoms with van der Waals surface area (Å²) in [5.41, 5.74) is 7.83. The number of nitriles is 1. The molecule has 0 amide bonds. The van der Waals surface area contributed by atoms with Crippen molar-refractivity contribution in [3.8, 4) is 17.3 Å². The van der Waals surface area contributed by atoms with E-state index >= 15 is 0 Å². The van der Waals surface area contributed by atoms with E-state index in [1.54, 1.807) is 13.1 Å². The van der Waals surface area contributed by atoms with Crippen molar-refractivity contribution in [1.82, 2.24) is 9.61 Å². The van der Waals surface area contributed by atoms with Crippen molar-refractivity contribution in [3.63, 3.8) is 0 Å². The average Bonchev–Trinajstić information content (AvgIpc) is 3.63. The van der Waals surface area contributed by atoms with E-state index in [1.165, 1.54) is 18.6 Å². The highest BCUT2D eigenvalue weighted by Gasteiger charge is 2.47. The van der Waals surface area contributed by atoms with Gasteiger partial charge in [0.2, 0.25) is 0 Å². The van der Waals surface area contributed by atoms with E-state index in [2.05, 4.69) is 55.5 Å². The molecular formula is C32H36N6O. The molecule has 2 aliphatic carbocycles. The summed E-state index contributed by atoms with van der Waals surface area (Å²) in [5.74, 6) is 2.78. The second-order valence-electron chi connectivity index (χ2n) is 12.0. The van der Waals surface area contributed by atoms with Crippen LogP contribution in [0.5, 0.6) is 0 Å². The summed E-state index contributed by atoms with van der Waals surface area (Å²) >= 11 is 0. The minimum atomic E-state index is 0.172. The number of hydrogen-bond acceptors (Lipinski definition) is 6.